The number of carbonyl (C=O) groups is 2. The van der Waals surface area contributed by atoms with Gasteiger partial charge in [0.05, 0.1) is 13.7 Å². The zero-order valence-corrected chi connectivity index (χ0v) is 18.6. The van der Waals surface area contributed by atoms with E-state index in [0.717, 1.165) is 14.9 Å². The highest BCUT2D eigenvalue weighted by Crippen LogP contribution is 2.35. The van der Waals surface area contributed by atoms with Gasteiger partial charge in [-0.1, -0.05) is 28.1 Å². The number of ether oxygens (including phenoxy) is 1. The van der Waals surface area contributed by atoms with Gasteiger partial charge in [0.15, 0.2) is 0 Å². The van der Waals surface area contributed by atoms with E-state index in [-0.39, 0.29) is 19.4 Å². The van der Waals surface area contributed by atoms with Crippen LogP contribution in [0.5, 0.6) is 5.75 Å². The first kappa shape index (κ1) is 22.9. The van der Waals surface area contributed by atoms with Crippen LogP contribution in [-0.4, -0.2) is 42.8 Å². The third kappa shape index (κ3) is 6.37. The number of methoxy groups -OCH3 is 1. The van der Waals surface area contributed by atoms with E-state index in [4.69, 9.17) is 4.74 Å². The van der Waals surface area contributed by atoms with Crippen LogP contribution in [0, 0.1) is 5.92 Å². The van der Waals surface area contributed by atoms with E-state index in [2.05, 4.69) is 21.2 Å². The highest BCUT2D eigenvalue weighted by atomic mass is 79.9. The van der Waals surface area contributed by atoms with Crippen molar-refractivity contribution >= 4 is 39.5 Å². The number of nitrogens with one attached hydrogen (secondary N) is 1. The average molecular weight is 493 g/mol. The topological polar surface area (TPSA) is 58.6 Å². The lowest BCUT2D eigenvalue weighted by Crippen LogP contribution is -2.51. The fourth-order valence-electron chi connectivity index (χ4n) is 3.38. The standard InChI is InChI=1S/C23H23BrF2N2O3/c1-31-20-9-7-19(8-10-20)27-21(29)14-17-12-13-28(15-23(17,25)26)22(30)11-4-16-2-5-18(24)6-3-16/h2-11,17H,12-15H2,1H3,(H,27,29)/b11-4+. The van der Waals surface area contributed by atoms with Gasteiger partial charge in [0.2, 0.25) is 11.8 Å². The van der Waals surface area contributed by atoms with E-state index in [9.17, 15) is 18.4 Å². The molecule has 8 heteroatoms. The number of hydrogen-bond donors (Lipinski definition) is 1. The first-order valence-corrected chi connectivity index (χ1v) is 10.6. The molecule has 1 N–H and O–H groups in total. The molecule has 0 aromatic heterocycles. The molecule has 1 fully saturated rings. The number of likely N-dealkylation sites (tertiary alicyclic amines) is 1. The Hall–Kier alpha value is -2.74. The van der Waals surface area contributed by atoms with E-state index >= 15 is 0 Å². The molecular formula is C23H23BrF2N2O3. The van der Waals surface area contributed by atoms with Gasteiger partial charge in [-0.2, -0.15) is 0 Å². The number of benzene rings is 2. The van der Waals surface area contributed by atoms with Crippen LogP contribution in [0.25, 0.3) is 6.08 Å². The fourth-order valence-corrected chi connectivity index (χ4v) is 3.65. The predicted molar refractivity (Wildman–Crippen MR) is 119 cm³/mol. The van der Waals surface area contributed by atoms with Gasteiger partial charge in [-0.05, 0) is 54.5 Å². The monoisotopic (exact) mass is 492 g/mol. The van der Waals surface area contributed by atoms with Crippen molar-refractivity contribution in [2.45, 2.75) is 18.8 Å². The third-order valence-electron chi connectivity index (χ3n) is 5.15. The Kier molecular flexibility index (Phi) is 7.43. The van der Waals surface area contributed by atoms with Gasteiger partial charge in [0.1, 0.15) is 5.75 Å². The number of halogens is 3. The summed E-state index contributed by atoms with van der Waals surface area (Å²) in [5, 5.41) is 2.63. The number of carbonyl (C=O) groups excluding carboxylic acids is 2. The summed E-state index contributed by atoms with van der Waals surface area (Å²) < 4.78 is 35.3. The second kappa shape index (κ2) is 10.0. The average Bonchev–Trinajstić information content (AvgIpc) is 2.75. The number of hydrogen-bond acceptors (Lipinski definition) is 3. The Labute approximate surface area is 188 Å². The van der Waals surface area contributed by atoms with E-state index < -0.39 is 30.2 Å². The van der Waals surface area contributed by atoms with Crippen molar-refractivity contribution in [3.05, 3.63) is 64.6 Å². The lowest BCUT2D eigenvalue weighted by Gasteiger charge is -2.37. The van der Waals surface area contributed by atoms with Crippen molar-refractivity contribution in [3.63, 3.8) is 0 Å². The van der Waals surface area contributed by atoms with E-state index in [0.29, 0.717) is 11.4 Å². The van der Waals surface area contributed by atoms with Gasteiger partial charge >= 0.3 is 0 Å². The SMILES string of the molecule is COc1ccc(NC(=O)CC2CCN(C(=O)/C=C/c3ccc(Br)cc3)CC2(F)F)cc1. The van der Waals surface area contributed by atoms with Crippen LogP contribution >= 0.6 is 15.9 Å². The van der Waals surface area contributed by atoms with Gasteiger partial charge in [-0.3, -0.25) is 9.59 Å². The number of rotatable bonds is 6. The quantitative estimate of drug-likeness (QED) is 0.578. The molecule has 1 heterocycles. The molecule has 1 unspecified atom stereocenters. The molecule has 2 amide bonds. The van der Waals surface area contributed by atoms with Gasteiger partial charge in [-0.15, -0.1) is 0 Å². The van der Waals surface area contributed by atoms with Crippen LogP contribution in [0.4, 0.5) is 14.5 Å². The molecule has 0 radical (unpaired) electrons. The van der Waals surface area contributed by atoms with E-state index in [1.807, 2.05) is 24.3 Å². The highest BCUT2D eigenvalue weighted by molar-refractivity contribution is 9.10. The normalized spacial score (nSPS) is 18.1. The summed E-state index contributed by atoms with van der Waals surface area (Å²) in [6.45, 7) is -0.517. The fraction of sp³-hybridized carbons (Fsp3) is 0.304. The molecular weight excluding hydrogens is 470 g/mol. The van der Waals surface area contributed by atoms with Crippen LogP contribution in [0.1, 0.15) is 18.4 Å². The number of amides is 2. The van der Waals surface area contributed by atoms with Gasteiger partial charge in [0.25, 0.3) is 5.92 Å². The van der Waals surface area contributed by atoms with Crippen molar-refractivity contribution in [1.29, 1.82) is 0 Å². The largest absolute Gasteiger partial charge is 0.497 e. The smallest absolute Gasteiger partial charge is 0.268 e. The number of nitrogens with zero attached hydrogens (tertiary/aromatic N) is 1. The lowest BCUT2D eigenvalue weighted by molar-refractivity contribution is -0.148. The maximum absolute atomic E-state index is 14.7. The maximum atomic E-state index is 14.7. The van der Waals surface area contributed by atoms with Crippen LogP contribution in [-0.2, 0) is 9.59 Å². The summed E-state index contributed by atoms with van der Waals surface area (Å²) in [6.07, 6.45) is 2.65. The van der Waals surface area contributed by atoms with Crippen LogP contribution in [0.15, 0.2) is 59.1 Å². The molecule has 5 nitrogen and oxygen atoms in total. The zero-order chi connectivity index (χ0) is 22.4. The minimum Gasteiger partial charge on any atom is -0.497 e. The van der Waals surface area contributed by atoms with Crippen molar-refractivity contribution in [2.24, 2.45) is 5.92 Å². The molecule has 3 rings (SSSR count). The second-order valence-corrected chi connectivity index (χ2v) is 8.29. The van der Waals surface area contributed by atoms with Crippen molar-refractivity contribution in [2.75, 3.05) is 25.5 Å². The Morgan fingerprint density at radius 3 is 2.48 bits per heavy atom. The summed E-state index contributed by atoms with van der Waals surface area (Å²) in [5.41, 5.74) is 1.31. The maximum Gasteiger partial charge on any atom is 0.268 e. The molecule has 164 valence electrons. The van der Waals surface area contributed by atoms with E-state index in [1.54, 1.807) is 30.3 Å². The minimum atomic E-state index is -3.14. The minimum absolute atomic E-state index is 0.0564. The second-order valence-electron chi connectivity index (χ2n) is 7.37. The molecule has 1 aliphatic rings. The third-order valence-corrected chi connectivity index (χ3v) is 5.68. The summed E-state index contributed by atoms with van der Waals surface area (Å²) in [4.78, 5) is 25.7. The number of piperidine rings is 1. The molecule has 0 aliphatic carbocycles. The number of anilines is 1. The predicted octanol–water partition coefficient (Wildman–Crippen LogP) is 4.98. The summed E-state index contributed by atoms with van der Waals surface area (Å²) in [5.74, 6) is -4.58. The Morgan fingerprint density at radius 1 is 1.19 bits per heavy atom. The van der Waals surface area contributed by atoms with Crippen LogP contribution in [0.2, 0.25) is 0 Å². The summed E-state index contributed by atoms with van der Waals surface area (Å²) in [7, 11) is 1.53. The molecule has 0 bridgehead atoms. The molecule has 1 saturated heterocycles. The highest BCUT2D eigenvalue weighted by Gasteiger charge is 2.46. The van der Waals surface area contributed by atoms with Crippen LogP contribution in [0.3, 0.4) is 0 Å². The van der Waals surface area contributed by atoms with E-state index in [1.165, 1.54) is 13.2 Å². The molecule has 0 saturated carbocycles. The lowest BCUT2D eigenvalue weighted by atomic mass is 9.89. The molecule has 0 spiro atoms. The Morgan fingerprint density at radius 2 is 1.87 bits per heavy atom. The zero-order valence-electron chi connectivity index (χ0n) is 17.0. The van der Waals surface area contributed by atoms with Gasteiger partial charge in [0, 0.05) is 35.1 Å². The van der Waals surface area contributed by atoms with Crippen molar-refractivity contribution < 1.29 is 23.1 Å². The van der Waals surface area contributed by atoms with Crippen LogP contribution < -0.4 is 10.1 Å². The molecule has 31 heavy (non-hydrogen) atoms. The summed E-state index contributed by atoms with van der Waals surface area (Å²) >= 11 is 3.33. The molecule has 1 aliphatic heterocycles. The van der Waals surface area contributed by atoms with Gasteiger partial charge < -0.3 is 15.0 Å². The van der Waals surface area contributed by atoms with Crippen molar-refractivity contribution in [1.82, 2.24) is 4.90 Å². The molecule has 2 aromatic carbocycles. The Bertz CT molecular complexity index is 946. The number of alkyl halides is 2. The Balaban J connectivity index is 1.54. The first-order valence-electron chi connectivity index (χ1n) is 9.81. The van der Waals surface area contributed by atoms with Gasteiger partial charge in [-0.25, -0.2) is 8.78 Å². The molecule has 1 atom stereocenters. The summed E-state index contributed by atoms with van der Waals surface area (Å²) in [6, 6.07) is 13.9. The molecule has 2 aromatic rings. The first-order chi connectivity index (χ1) is 14.8. The van der Waals surface area contributed by atoms with Crippen molar-refractivity contribution in [3.8, 4) is 5.75 Å².